The zero-order chi connectivity index (χ0) is 23.4. The second-order valence-electron chi connectivity index (χ2n) is 7.72. The summed E-state index contributed by atoms with van der Waals surface area (Å²) in [5.74, 6) is 0.549. The van der Waals surface area contributed by atoms with Crippen LogP contribution in [-0.4, -0.2) is 30.4 Å². The summed E-state index contributed by atoms with van der Waals surface area (Å²) >= 11 is 0. The van der Waals surface area contributed by atoms with E-state index in [9.17, 15) is 9.59 Å². The van der Waals surface area contributed by atoms with Crippen molar-refractivity contribution in [1.29, 1.82) is 0 Å². The molecule has 1 aromatic heterocycles. The van der Waals surface area contributed by atoms with Crippen molar-refractivity contribution in [3.05, 3.63) is 84.1 Å². The van der Waals surface area contributed by atoms with Crippen LogP contribution in [0.5, 0.6) is 5.75 Å². The van der Waals surface area contributed by atoms with Crippen molar-refractivity contribution in [3.8, 4) is 16.9 Å². The molecule has 0 spiro atoms. The number of methoxy groups -OCH3 is 1. The molecule has 1 N–H and O–H groups in total. The van der Waals surface area contributed by atoms with Gasteiger partial charge in [-0.1, -0.05) is 42.5 Å². The molecular weight excluding hydrogens is 416 g/mol. The van der Waals surface area contributed by atoms with Crippen LogP contribution in [0.1, 0.15) is 30.0 Å². The molecule has 0 atom stereocenters. The molecule has 168 valence electrons. The van der Waals surface area contributed by atoms with Gasteiger partial charge in [-0.2, -0.15) is 0 Å². The highest BCUT2D eigenvalue weighted by molar-refractivity contribution is 6.12. The van der Waals surface area contributed by atoms with E-state index in [1.54, 1.807) is 25.0 Å². The molecule has 0 radical (unpaired) electrons. The Labute approximate surface area is 192 Å². The van der Waals surface area contributed by atoms with Gasteiger partial charge in [0.2, 0.25) is 11.7 Å². The minimum Gasteiger partial charge on any atom is -0.497 e. The first-order chi connectivity index (χ1) is 16.0. The third kappa shape index (κ3) is 4.75. The van der Waals surface area contributed by atoms with Crippen LogP contribution in [0.15, 0.2) is 77.2 Å². The number of benzene rings is 3. The Kier molecular flexibility index (Phi) is 6.45. The third-order valence-corrected chi connectivity index (χ3v) is 5.55. The molecule has 0 saturated carbocycles. The summed E-state index contributed by atoms with van der Waals surface area (Å²) in [4.78, 5) is 26.8. The van der Waals surface area contributed by atoms with Gasteiger partial charge in [-0.15, -0.1) is 0 Å². The van der Waals surface area contributed by atoms with Gasteiger partial charge in [-0.3, -0.25) is 9.59 Å². The molecular formula is C27H26N2O4. The molecule has 4 rings (SSSR count). The number of ether oxygens (including phenoxy) is 1. The number of fused-ring (bicyclic) bond motifs is 1. The minimum absolute atomic E-state index is 0.0112. The van der Waals surface area contributed by atoms with E-state index in [1.807, 2.05) is 73.7 Å². The van der Waals surface area contributed by atoms with Crippen molar-refractivity contribution in [2.75, 3.05) is 19.0 Å². The Bertz CT molecular complexity index is 1290. The number of furan rings is 1. The molecule has 2 amide bonds. The lowest BCUT2D eigenvalue weighted by Crippen LogP contribution is -2.27. The molecule has 3 aromatic carbocycles. The second-order valence-corrected chi connectivity index (χ2v) is 7.72. The van der Waals surface area contributed by atoms with E-state index in [0.717, 1.165) is 22.1 Å². The van der Waals surface area contributed by atoms with Crippen LogP contribution in [0.3, 0.4) is 0 Å². The number of amides is 2. The number of nitrogens with zero attached hydrogens (tertiary/aromatic N) is 1. The molecule has 0 aliphatic rings. The number of anilines is 1. The summed E-state index contributed by atoms with van der Waals surface area (Å²) in [6.45, 7) is 4.59. The smallest absolute Gasteiger partial charge is 0.292 e. The van der Waals surface area contributed by atoms with E-state index >= 15 is 0 Å². The van der Waals surface area contributed by atoms with Crippen LogP contribution < -0.4 is 10.1 Å². The van der Waals surface area contributed by atoms with Crippen molar-refractivity contribution >= 4 is 28.5 Å². The van der Waals surface area contributed by atoms with E-state index in [-0.39, 0.29) is 17.6 Å². The van der Waals surface area contributed by atoms with Gasteiger partial charge in [0.05, 0.1) is 7.11 Å². The largest absolute Gasteiger partial charge is 0.497 e. The summed E-state index contributed by atoms with van der Waals surface area (Å²) in [5, 5.41) is 3.79. The van der Waals surface area contributed by atoms with Gasteiger partial charge < -0.3 is 19.4 Å². The molecule has 0 aliphatic heterocycles. The molecule has 0 fully saturated rings. The minimum atomic E-state index is -0.347. The third-order valence-electron chi connectivity index (χ3n) is 5.55. The maximum absolute atomic E-state index is 13.3. The maximum Gasteiger partial charge on any atom is 0.292 e. The van der Waals surface area contributed by atoms with E-state index in [0.29, 0.717) is 30.1 Å². The molecule has 1 heterocycles. The fourth-order valence-corrected chi connectivity index (χ4v) is 3.86. The van der Waals surface area contributed by atoms with Gasteiger partial charge in [0.15, 0.2) is 0 Å². The summed E-state index contributed by atoms with van der Waals surface area (Å²) in [6, 6.07) is 22.7. The number of hydrogen-bond acceptors (Lipinski definition) is 4. The van der Waals surface area contributed by atoms with Crippen LogP contribution in [0.2, 0.25) is 0 Å². The molecule has 6 heteroatoms. The van der Waals surface area contributed by atoms with E-state index in [1.165, 1.54) is 0 Å². The van der Waals surface area contributed by atoms with Crippen molar-refractivity contribution in [3.63, 3.8) is 0 Å². The summed E-state index contributed by atoms with van der Waals surface area (Å²) in [7, 11) is 1.59. The Morgan fingerprint density at radius 1 is 1.00 bits per heavy atom. The first-order valence-corrected chi connectivity index (χ1v) is 10.8. The molecule has 0 unspecified atom stereocenters. The van der Waals surface area contributed by atoms with Crippen molar-refractivity contribution in [1.82, 2.24) is 4.90 Å². The van der Waals surface area contributed by atoms with Crippen LogP contribution >= 0.6 is 0 Å². The molecule has 33 heavy (non-hydrogen) atoms. The monoisotopic (exact) mass is 442 g/mol. The maximum atomic E-state index is 13.3. The SMILES string of the molecule is CCN(Cc1cccc(NC(=O)c2oc3cc(OC)ccc3c2-c2ccccc2)c1)C(C)=O. The predicted octanol–water partition coefficient (Wildman–Crippen LogP) is 5.73. The number of carbonyl (C=O) groups excluding carboxylic acids is 2. The quantitative estimate of drug-likeness (QED) is 0.397. The number of rotatable bonds is 7. The fraction of sp³-hybridized carbons (Fsp3) is 0.185. The lowest BCUT2D eigenvalue weighted by molar-refractivity contribution is -0.129. The normalized spacial score (nSPS) is 10.8. The van der Waals surface area contributed by atoms with Crippen LogP contribution in [0.25, 0.3) is 22.1 Å². The van der Waals surface area contributed by atoms with Crippen molar-refractivity contribution in [2.24, 2.45) is 0 Å². The lowest BCUT2D eigenvalue weighted by atomic mass is 10.0. The average molecular weight is 443 g/mol. The summed E-state index contributed by atoms with van der Waals surface area (Å²) < 4.78 is 11.3. The lowest BCUT2D eigenvalue weighted by Gasteiger charge is -2.19. The predicted molar refractivity (Wildman–Crippen MR) is 129 cm³/mol. The van der Waals surface area contributed by atoms with Gasteiger partial charge in [-0.25, -0.2) is 0 Å². The first kappa shape index (κ1) is 22.1. The highest BCUT2D eigenvalue weighted by Gasteiger charge is 2.22. The molecule has 0 saturated heterocycles. The number of carbonyl (C=O) groups is 2. The Morgan fingerprint density at radius 2 is 1.79 bits per heavy atom. The van der Waals surface area contributed by atoms with E-state index in [4.69, 9.17) is 9.15 Å². The molecule has 0 aliphatic carbocycles. The topological polar surface area (TPSA) is 71.8 Å². The molecule has 6 nitrogen and oxygen atoms in total. The van der Waals surface area contributed by atoms with Crippen LogP contribution in [0.4, 0.5) is 5.69 Å². The van der Waals surface area contributed by atoms with E-state index in [2.05, 4.69) is 5.32 Å². The van der Waals surface area contributed by atoms with Crippen LogP contribution in [-0.2, 0) is 11.3 Å². The Hall–Kier alpha value is -4.06. The van der Waals surface area contributed by atoms with Gasteiger partial charge >= 0.3 is 0 Å². The zero-order valence-electron chi connectivity index (χ0n) is 18.9. The summed E-state index contributed by atoms with van der Waals surface area (Å²) in [5.41, 5.74) is 3.76. The Balaban J connectivity index is 1.69. The van der Waals surface area contributed by atoms with Gasteiger partial charge in [-0.05, 0) is 42.3 Å². The highest BCUT2D eigenvalue weighted by Crippen LogP contribution is 2.37. The van der Waals surface area contributed by atoms with Crippen LogP contribution in [0, 0.1) is 0 Å². The fourth-order valence-electron chi connectivity index (χ4n) is 3.86. The van der Waals surface area contributed by atoms with E-state index < -0.39 is 0 Å². The highest BCUT2D eigenvalue weighted by atomic mass is 16.5. The number of nitrogens with one attached hydrogen (secondary N) is 1. The standard InChI is InChI=1S/C27H26N2O4/c1-4-29(18(2)30)17-19-9-8-12-21(15-19)28-27(31)26-25(20-10-6-5-7-11-20)23-14-13-22(32-3)16-24(23)33-26/h5-16H,4,17H2,1-3H3,(H,28,31). The first-order valence-electron chi connectivity index (χ1n) is 10.8. The van der Waals surface area contributed by atoms with Gasteiger partial charge in [0.25, 0.3) is 5.91 Å². The second kappa shape index (κ2) is 9.61. The zero-order valence-corrected chi connectivity index (χ0v) is 18.9. The molecule has 4 aromatic rings. The van der Waals surface area contributed by atoms with Gasteiger partial charge in [0.1, 0.15) is 11.3 Å². The van der Waals surface area contributed by atoms with Gasteiger partial charge in [0, 0.05) is 42.7 Å². The van der Waals surface area contributed by atoms with Crippen molar-refractivity contribution < 1.29 is 18.7 Å². The summed E-state index contributed by atoms with van der Waals surface area (Å²) in [6.07, 6.45) is 0. The average Bonchev–Trinajstić information content (AvgIpc) is 3.22. The Morgan fingerprint density at radius 3 is 2.48 bits per heavy atom. The molecule has 0 bridgehead atoms. The van der Waals surface area contributed by atoms with Crippen molar-refractivity contribution in [2.45, 2.75) is 20.4 Å². The number of hydrogen-bond donors (Lipinski definition) is 1.